The molecule has 0 spiro atoms. The molecule has 0 N–H and O–H groups in total. The van der Waals surface area contributed by atoms with Crippen molar-refractivity contribution in [1.29, 1.82) is 0 Å². The highest BCUT2D eigenvalue weighted by atomic mass is 35.5. The van der Waals surface area contributed by atoms with Gasteiger partial charge in [0.05, 0.1) is 0 Å². The van der Waals surface area contributed by atoms with Gasteiger partial charge in [0, 0.05) is 0 Å². The average Bonchev–Trinajstić information content (AvgIpc) is 2.27. The predicted octanol–water partition coefficient (Wildman–Crippen LogP) is -0.637. The summed E-state index contributed by atoms with van der Waals surface area (Å²) in [5.41, 5.74) is -2.27. The highest BCUT2D eigenvalue weighted by molar-refractivity contribution is 6.64. The molecule has 0 aliphatic heterocycles. The number of nitrogens with zero attached hydrogens (tertiary/aromatic N) is 3. The molecule has 0 aliphatic rings. The van der Waals surface area contributed by atoms with Crippen LogP contribution in [0.15, 0.2) is 0 Å². The first-order valence-electron chi connectivity index (χ1n) is 4.21. The van der Waals surface area contributed by atoms with E-state index in [4.69, 9.17) is 11.6 Å². The lowest BCUT2D eigenvalue weighted by Crippen LogP contribution is -2.44. The lowest BCUT2D eigenvalue weighted by molar-refractivity contribution is -0.780. The lowest BCUT2D eigenvalue weighted by Gasteiger charge is -2.25. The van der Waals surface area contributed by atoms with Gasteiger partial charge in [-0.15, -0.1) is 30.3 Å². The molecule has 108 valence electrons. The van der Waals surface area contributed by atoms with E-state index in [1.54, 1.807) is 0 Å². The largest absolute Gasteiger partial charge is 0.313 e. The fourth-order valence-electron chi connectivity index (χ4n) is 0.824. The van der Waals surface area contributed by atoms with Crippen molar-refractivity contribution in [2.24, 2.45) is 5.41 Å². The molecule has 14 heteroatoms. The molecule has 0 bridgehead atoms. The van der Waals surface area contributed by atoms with E-state index in [9.17, 15) is 35.1 Å². The standard InChI is InChI=1S/C5H6ClN3O10/c6-4(10)5(1-17-7(11)12,2-18-8(13)14)3-19-9(15)16/h1-3H2. The number of hydrogen-bond acceptors (Lipinski definition) is 10. The smallest absolute Gasteiger partial charge is 0.294 e. The van der Waals surface area contributed by atoms with Crippen molar-refractivity contribution < 1.29 is 34.6 Å². The molecule has 0 heterocycles. The Balaban J connectivity index is 4.97. The summed E-state index contributed by atoms with van der Waals surface area (Å²) in [5.74, 6) is 0. The molecule has 0 aliphatic carbocycles. The van der Waals surface area contributed by atoms with Crippen LogP contribution in [0.1, 0.15) is 0 Å². The van der Waals surface area contributed by atoms with Crippen LogP contribution in [0, 0.1) is 35.8 Å². The summed E-state index contributed by atoms with van der Waals surface area (Å²) in [6.07, 6.45) is 0. The van der Waals surface area contributed by atoms with Crippen molar-refractivity contribution in [3.8, 4) is 0 Å². The Kier molecular flexibility index (Phi) is 6.19. The zero-order valence-corrected chi connectivity index (χ0v) is 9.68. The molecule has 0 aromatic carbocycles. The molecular weight excluding hydrogens is 298 g/mol. The van der Waals surface area contributed by atoms with Gasteiger partial charge in [0.25, 0.3) is 15.3 Å². The highest BCUT2D eigenvalue weighted by Gasteiger charge is 2.41. The maximum atomic E-state index is 11.2. The molecule has 0 saturated carbocycles. The maximum absolute atomic E-state index is 11.2. The van der Waals surface area contributed by atoms with E-state index in [-0.39, 0.29) is 0 Å². The van der Waals surface area contributed by atoms with E-state index >= 15 is 0 Å². The van der Waals surface area contributed by atoms with Gasteiger partial charge in [-0.05, 0) is 11.6 Å². The summed E-state index contributed by atoms with van der Waals surface area (Å²) in [6, 6.07) is 0. The van der Waals surface area contributed by atoms with E-state index in [1.165, 1.54) is 0 Å². The summed E-state index contributed by atoms with van der Waals surface area (Å²) in [7, 11) is 0. The Morgan fingerprint density at radius 1 is 0.895 bits per heavy atom. The molecule has 0 aromatic rings. The molecule has 0 fully saturated rings. The van der Waals surface area contributed by atoms with Crippen LogP contribution >= 0.6 is 11.6 Å². The van der Waals surface area contributed by atoms with Crippen molar-refractivity contribution >= 4 is 16.8 Å². The van der Waals surface area contributed by atoms with Gasteiger partial charge in [-0.25, -0.2) is 0 Å². The molecule has 0 unspecified atom stereocenters. The molecule has 0 saturated heterocycles. The van der Waals surface area contributed by atoms with Gasteiger partial charge in [0.15, 0.2) is 0 Å². The number of carbonyl (C=O) groups is 1. The topological polar surface area (TPSA) is 174 Å². The minimum absolute atomic E-state index is 1.11. The van der Waals surface area contributed by atoms with Gasteiger partial charge in [0.2, 0.25) is 5.24 Å². The quantitative estimate of drug-likeness (QED) is 0.286. The van der Waals surface area contributed by atoms with Crippen LogP contribution in [0.5, 0.6) is 0 Å². The Labute approximate surface area is 108 Å². The maximum Gasteiger partial charge on any atom is 0.294 e. The van der Waals surface area contributed by atoms with E-state index in [0.29, 0.717) is 0 Å². The predicted molar refractivity (Wildman–Crippen MR) is 52.1 cm³/mol. The zero-order valence-electron chi connectivity index (χ0n) is 8.92. The van der Waals surface area contributed by atoms with E-state index < -0.39 is 45.7 Å². The number of hydrogen-bond donors (Lipinski definition) is 0. The van der Waals surface area contributed by atoms with Crippen LogP contribution < -0.4 is 0 Å². The summed E-state index contributed by atoms with van der Waals surface area (Å²) >= 11 is 5.10. The molecule has 0 radical (unpaired) electrons. The first kappa shape index (κ1) is 16.6. The first-order valence-corrected chi connectivity index (χ1v) is 4.59. The summed E-state index contributed by atoms with van der Waals surface area (Å²) < 4.78 is 0. The van der Waals surface area contributed by atoms with Gasteiger partial charge in [-0.3, -0.25) is 4.79 Å². The van der Waals surface area contributed by atoms with Gasteiger partial charge in [0.1, 0.15) is 25.2 Å². The average molecular weight is 304 g/mol. The Bertz CT molecular complexity index is 340. The minimum atomic E-state index is -2.27. The minimum Gasteiger partial charge on any atom is -0.313 e. The Hall–Kier alpha value is -2.44. The zero-order chi connectivity index (χ0) is 15.1. The van der Waals surface area contributed by atoms with E-state index in [1.807, 2.05) is 0 Å². The van der Waals surface area contributed by atoms with E-state index in [0.717, 1.165) is 0 Å². The Morgan fingerprint density at radius 3 is 1.32 bits per heavy atom. The number of carbonyl (C=O) groups excluding carboxylic acids is 1. The molecule has 0 amide bonds. The van der Waals surface area contributed by atoms with Gasteiger partial charge >= 0.3 is 0 Å². The van der Waals surface area contributed by atoms with Crippen LogP contribution in [0.25, 0.3) is 0 Å². The number of halogens is 1. The van der Waals surface area contributed by atoms with E-state index in [2.05, 4.69) is 14.5 Å². The van der Waals surface area contributed by atoms with Gasteiger partial charge in [-0.1, -0.05) is 0 Å². The Morgan fingerprint density at radius 2 is 1.16 bits per heavy atom. The van der Waals surface area contributed by atoms with Crippen LogP contribution in [0.3, 0.4) is 0 Å². The van der Waals surface area contributed by atoms with Crippen molar-refractivity contribution in [3.05, 3.63) is 30.3 Å². The SMILES string of the molecule is O=C(Cl)C(CO[N+](=O)[O-])(CO[N+](=O)[O-])CO[N+](=O)[O-]. The molecular formula is C5H6ClN3O10. The van der Waals surface area contributed by atoms with Gasteiger partial charge in [-0.2, -0.15) is 0 Å². The monoisotopic (exact) mass is 303 g/mol. The molecule has 19 heavy (non-hydrogen) atoms. The summed E-state index contributed by atoms with van der Waals surface area (Å²) in [5, 5.41) is 24.7. The number of rotatable bonds is 10. The van der Waals surface area contributed by atoms with Crippen molar-refractivity contribution in [2.45, 2.75) is 0 Å². The third-order valence-electron chi connectivity index (χ3n) is 1.76. The second-order valence-electron chi connectivity index (χ2n) is 3.05. The van der Waals surface area contributed by atoms with Crippen molar-refractivity contribution in [3.63, 3.8) is 0 Å². The highest BCUT2D eigenvalue weighted by Crippen LogP contribution is 2.23. The third-order valence-corrected chi connectivity index (χ3v) is 2.16. The van der Waals surface area contributed by atoms with Gasteiger partial charge < -0.3 is 14.5 Å². The fraction of sp³-hybridized carbons (Fsp3) is 0.800. The van der Waals surface area contributed by atoms with Crippen LogP contribution in [-0.4, -0.2) is 40.3 Å². The lowest BCUT2D eigenvalue weighted by atomic mass is 9.93. The third kappa shape index (κ3) is 6.16. The second kappa shape index (κ2) is 7.10. The molecule has 0 atom stereocenters. The van der Waals surface area contributed by atoms with Crippen LogP contribution in [-0.2, 0) is 19.3 Å². The van der Waals surface area contributed by atoms with Crippen molar-refractivity contribution in [2.75, 3.05) is 19.8 Å². The van der Waals surface area contributed by atoms with Crippen LogP contribution in [0.4, 0.5) is 0 Å². The summed E-state index contributed by atoms with van der Waals surface area (Å²) in [6.45, 7) is -3.32. The first-order chi connectivity index (χ1) is 8.69. The fourth-order valence-corrected chi connectivity index (χ4v) is 0.988. The molecule has 0 rings (SSSR count). The second-order valence-corrected chi connectivity index (χ2v) is 3.39. The summed E-state index contributed by atoms with van der Waals surface area (Å²) in [4.78, 5) is 52.8. The normalized spacial score (nSPS) is 10.4. The molecule has 0 aromatic heterocycles. The van der Waals surface area contributed by atoms with Crippen LogP contribution in [0.2, 0.25) is 0 Å². The molecule has 13 nitrogen and oxygen atoms in total. The van der Waals surface area contributed by atoms with Crippen molar-refractivity contribution in [1.82, 2.24) is 0 Å².